The molecule has 3 heterocycles. The van der Waals surface area contributed by atoms with Gasteiger partial charge < -0.3 is 5.32 Å². The summed E-state index contributed by atoms with van der Waals surface area (Å²) in [6, 6.07) is 13.9. The normalized spacial score (nSPS) is 15.9. The van der Waals surface area contributed by atoms with E-state index in [2.05, 4.69) is 15.3 Å². The number of anilines is 1. The number of nitrogens with one attached hydrogen (secondary N) is 1. The molecule has 30 heavy (non-hydrogen) atoms. The first-order chi connectivity index (χ1) is 14.6. The van der Waals surface area contributed by atoms with E-state index in [4.69, 9.17) is 28.3 Å². The molecule has 0 spiro atoms. The van der Waals surface area contributed by atoms with Gasteiger partial charge in [-0.05, 0) is 48.5 Å². The molecule has 1 N–H and O–H groups in total. The lowest BCUT2D eigenvalue weighted by Gasteiger charge is -2.15. The Hall–Kier alpha value is -3.10. The summed E-state index contributed by atoms with van der Waals surface area (Å²) >= 11 is 12.0. The van der Waals surface area contributed by atoms with Crippen molar-refractivity contribution < 1.29 is 4.79 Å². The number of benzene rings is 2. The highest BCUT2D eigenvalue weighted by molar-refractivity contribution is 6.30. The van der Waals surface area contributed by atoms with Crippen LogP contribution in [-0.2, 0) is 6.54 Å². The van der Waals surface area contributed by atoms with Crippen molar-refractivity contribution in [2.75, 3.05) is 24.5 Å². The topological polar surface area (TPSA) is 79.8 Å². The van der Waals surface area contributed by atoms with Gasteiger partial charge in [-0.3, -0.25) is 19.3 Å². The monoisotopic (exact) mass is 441 g/mol. The van der Waals surface area contributed by atoms with Crippen molar-refractivity contribution in [3.05, 3.63) is 69.8 Å². The second kappa shape index (κ2) is 7.62. The van der Waals surface area contributed by atoms with Gasteiger partial charge in [0.2, 0.25) is 17.5 Å². The van der Waals surface area contributed by atoms with Gasteiger partial charge >= 0.3 is 0 Å². The predicted molar refractivity (Wildman–Crippen MR) is 116 cm³/mol. The van der Waals surface area contributed by atoms with Crippen molar-refractivity contribution in [1.82, 2.24) is 19.7 Å². The van der Waals surface area contributed by atoms with Crippen LogP contribution >= 0.6 is 23.2 Å². The predicted octanol–water partition coefficient (Wildman–Crippen LogP) is 2.50. The van der Waals surface area contributed by atoms with E-state index in [9.17, 15) is 4.79 Å². The molecular formula is C20H17Cl2N7O. The average Bonchev–Trinajstić information content (AvgIpc) is 3.47. The number of aliphatic imine (C=N–C) groups is 1. The van der Waals surface area contributed by atoms with Crippen LogP contribution in [0.2, 0.25) is 10.0 Å². The van der Waals surface area contributed by atoms with Crippen molar-refractivity contribution in [2.45, 2.75) is 6.54 Å². The van der Waals surface area contributed by atoms with E-state index >= 15 is 0 Å². The molecule has 5 rings (SSSR count). The molecule has 8 nitrogen and oxygen atoms in total. The quantitative estimate of drug-likeness (QED) is 0.662. The summed E-state index contributed by atoms with van der Waals surface area (Å²) in [5, 5.41) is 9.21. The maximum absolute atomic E-state index is 12.9. The number of carbonyl (C=O) groups excluding carboxylic acids is 1. The number of halogens is 2. The molecule has 10 heteroatoms. The second-order valence-corrected chi connectivity index (χ2v) is 7.72. The minimum atomic E-state index is -0.369. The van der Waals surface area contributed by atoms with Crippen molar-refractivity contribution in [1.29, 1.82) is 0 Å². The number of hydrogen-bond donors (Lipinski definition) is 1. The molecule has 2 aliphatic heterocycles. The lowest BCUT2D eigenvalue weighted by molar-refractivity contribution is 0.0996. The first kappa shape index (κ1) is 18.9. The van der Waals surface area contributed by atoms with Gasteiger partial charge in [0.25, 0.3) is 5.91 Å². The molecule has 0 bridgehead atoms. The van der Waals surface area contributed by atoms with E-state index in [-0.39, 0.29) is 5.91 Å². The molecule has 0 saturated heterocycles. The fraction of sp³-hybridized carbons (Fsp3) is 0.200. The molecular weight excluding hydrogens is 425 g/mol. The molecule has 0 atom stereocenters. The third-order valence-corrected chi connectivity index (χ3v) is 5.43. The van der Waals surface area contributed by atoms with Crippen molar-refractivity contribution in [3.8, 4) is 5.69 Å². The van der Waals surface area contributed by atoms with E-state index in [0.29, 0.717) is 40.3 Å². The van der Waals surface area contributed by atoms with E-state index in [1.165, 1.54) is 0 Å². The van der Waals surface area contributed by atoms with Crippen LogP contribution in [0.4, 0.5) is 5.95 Å². The number of fused-ring (bicyclic) bond motifs is 1. The largest absolute Gasteiger partial charge is 0.354 e. The fourth-order valence-electron chi connectivity index (χ4n) is 3.47. The molecule has 0 radical (unpaired) electrons. The zero-order chi connectivity index (χ0) is 20.7. The number of rotatable bonds is 2. The van der Waals surface area contributed by atoms with Crippen LogP contribution in [-0.4, -0.2) is 45.8 Å². The van der Waals surface area contributed by atoms with Crippen LogP contribution in [0.1, 0.15) is 10.4 Å². The molecule has 0 fully saturated rings. The summed E-state index contributed by atoms with van der Waals surface area (Å²) in [6.07, 6.45) is 0. The highest BCUT2D eigenvalue weighted by Crippen LogP contribution is 2.20. The Morgan fingerprint density at radius 3 is 2.37 bits per heavy atom. The zero-order valence-corrected chi connectivity index (χ0v) is 17.3. The summed E-state index contributed by atoms with van der Waals surface area (Å²) in [4.78, 5) is 23.8. The molecule has 1 amide bonds. The second-order valence-electron chi connectivity index (χ2n) is 6.85. The number of guanidine groups is 1. The first-order valence-corrected chi connectivity index (χ1v) is 10.2. The Balaban J connectivity index is 1.64. The Morgan fingerprint density at radius 2 is 1.70 bits per heavy atom. The third-order valence-electron chi connectivity index (χ3n) is 4.93. The van der Waals surface area contributed by atoms with Gasteiger partial charge in [-0.2, -0.15) is 9.67 Å². The van der Waals surface area contributed by atoms with Crippen LogP contribution in [0.25, 0.3) is 5.69 Å². The van der Waals surface area contributed by atoms with Crippen molar-refractivity contribution in [2.24, 2.45) is 9.98 Å². The van der Waals surface area contributed by atoms with Gasteiger partial charge in [-0.1, -0.05) is 23.2 Å². The molecule has 3 aromatic rings. The van der Waals surface area contributed by atoms with Gasteiger partial charge in [0.15, 0.2) is 0 Å². The van der Waals surface area contributed by atoms with Gasteiger partial charge in [0.1, 0.15) is 0 Å². The van der Waals surface area contributed by atoms with Crippen LogP contribution in [0.3, 0.4) is 0 Å². The van der Waals surface area contributed by atoms with Gasteiger partial charge in [-0.25, -0.2) is 0 Å². The van der Waals surface area contributed by atoms with E-state index in [1.54, 1.807) is 41.1 Å². The maximum Gasteiger partial charge on any atom is 0.280 e. The van der Waals surface area contributed by atoms with Crippen LogP contribution < -0.4 is 15.8 Å². The number of amides is 1. The summed E-state index contributed by atoms with van der Waals surface area (Å²) in [6.45, 7) is 2.87. The van der Waals surface area contributed by atoms with Crippen LogP contribution in [0.15, 0.2) is 58.5 Å². The number of aromatic nitrogens is 3. The highest BCUT2D eigenvalue weighted by Gasteiger charge is 2.30. The third kappa shape index (κ3) is 3.38. The fourth-order valence-corrected chi connectivity index (χ4v) is 3.72. The summed E-state index contributed by atoms with van der Waals surface area (Å²) in [5.41, 5.74) is 1.65. The Kier molecular flexibility index (Phi) is 4.80. The van der Waals surface area contributed by atoms with E-state index in [1.807, 2.05) is 21.6 Å². The molecule has 2 aliphatic rings. The summed E-state index contributed by atoms with van der Waals surface area (Å²) in [7, 11) is 0. The van der Waals surface area contributed by atoms with Crippen LogP contribution in [0, 0.1) is 0 Å². The molecule has 2 aromatic carbocycles. The van der Waals surface area contributed by atoms with Gasteiger partial charge in [-0.15, -0.1) is 5.10 Å². The molecule has 0 unspecified atom stereocenters. The van der Waals surface area contributed by atoms with E-state index in [0.717, 1.165) is 24.7 Å². The van der Waals surface area contributed by atoms with Crippen molar-refractivity contribution in [3.63, 3.8) is 0 Å². The Morgan fingerprint density at radius 1 is 1.00 bits per heavy atom. The molecule has 0 saturated carbocycles. The van der Waals surface area contributed by atoms with Gasteiger partial charge in [0, 0.05) is 35.2 Å². The van der Waals surface area contributed by atoms with Crippen molar-refractivity contribution >= 4 is 41.0 Å². The number of nitrogens with zero attached hydrogens (tertiary/aromatic N) is 6. The average molecular weight is 442 g/mol. The standard InChI is InChI=1S/C20H17Cl2N7O/c21-14-3-1-13(2-4-14)17(30)25-19-28-12-11-27(18-23-9-10-24-18)20(28)26-29(19)16-7-5-15(22)6-8-16/h1-8H,9-12H2,(H,23,24). The lowest BCUT2D eigenvalue weighted by atomic mass is 10.2. The minimum Gasteiger partial charge on any atom is -0.354 e. The van der Waals surface area contributed by atoms with E-state index < -0.39 is 0 Å². The smallest absolute Gasteiger partial charge is 0.280 e. The zero-order valence-electron chi connectivity index (χ0n) is 15.8. The lowest BCUT2D eigenvalue weighted by Crippen LogP contribution is -2.38. The number of hydrogen-bond acceptors (Lipinski definition) is 5. The minimum absolute atomic E-state index is 0.369. The van der Waals surface area contributed by atoms with Gasteiger partial charge in [0.05, 0.1) is 12.2 Å². The summed E-state index contributed by atoms with van der Waals surface area (Å²) in [5.74, 6) is 1.10. The maximum atomic E-state index is 12.9. The Labute approximate surface area is 182 Å². The molecule has 0 aliphatic carbocycles. The molecule has 1 aromatic heterocycles. The highest BCUT2D eigenvalue weighted by atomic mass is 35.5. The van der Waals surface area contributed by atoms with Crippen LogP contribution in [0.5, 0.6) is 0 Å². The molecule has 152 valence electrons. The SMILES string of the molecule is O=C(N=c1n(-c2ccc(Cl)cc2)nc2n1CCN2C1=NCCN1)c1ccc(Cl)cc1. The first-order valence-electron chi connectivity index (χ1n) is 9.46. The summed E-state index contributed by atoms with van der Waals surface area (Å²) < 4.78 is 3.58. The number of carbonyl (C=O) groups is 1. The Bertz CT molecular complexity index is 1210.